The van der Waals surface area contributed by atoms with Crippen LogP contribution in [0.15, 0.2) is 36.4 Å². The molecule has 2 aromatic rings. The zero-order valence-electron chi connectivity index (χ0n) is 14.4. The van der Waals surface area contributed by atoms with E-state index >= 15 is 0 Å². The van der Waals surface area contributed by atoms with Crippen LogP contribution in [0.3, 0.4) is 0 Å². The van der Waals surface area contributed by atoms with E-state index in [0.717, 1.165) is 28.4 Å². The lowest BCUT2D eigenvalue weighted by molar-refractivity contribution is -0.116. The molecule has 1 N–H and O–H groups in total. The van der Waals surface area contributed by atoms with E-state index in [4.69, 9.17) is 28.4 Å². The molecular weight excluding hydrogens is 352 g/mol. The van der Waals surface area contributed by atoms with Crippen molar-refractivity contribution in [3.8, 4) is 23.0 Å². The Morgan fingerprint density at radius 2 is 1.33 bits per heavy atom. The lowest BCUT2D eigenvalue weighted by atomic mass is 9.84. The molecule has 27 heavy (non-hydrogen) atoms. The lowest BCUT2D eigenvalue weighted by Gasteiger charge is -2.20. The first kappa shape index (κ1) is 15.6. The van der Waals surface area contributed by atoms with E-state index < -0.39 is 6.29 Å². The molecule has 0 aliphatic carbocycles. The van der Waals surface area contributed by atoms with Crippen LogP contribution in [0.4, 0.5) is 0 Å². The Morgan fingerprint density at radius 1 is 0.741 bits per heavy atom. The van der Waals surface area contributed by atoms with Gasteiger partial charge in [0.05, 0.1) is 18.8 Å². The highest BCUT2D eigenvalue weighted by atomic mass is 16.7. The molecule has 4 aliphatic rings. The summed E-state index contributed by atoms with van der Waals surface area (Å²) < 4.78 is 33.8. The van der Waals surface area contributed by atoms with Gasteiger partial charge in [-0.3, -0.25) is 0 Å². The lowest BCUT2D eigenvalue weighted by Crippen LogP contribution is -2.22. The van der Waals surface area contributed by atoms with Gasteiger partial charge in [-0.1, -0.05) is 12.1 Å². The van der Waals surface area contributed by atoms with Crippen LogP contribution in [0.2, 0.25) is 0 Å². The third-order valence-corrected chi connectivity index (χ3v) is 5.77. The number of fused-ring (bicyclic) bond motifs is 3. The molecule has 2 unspecified atom stereocenters. The molecule has 2 aromatic carbocycles. The Labute approximate surface area is 155 Å². The topological polar surface area (TPSA) is 75.6 Å². The summed E-state index contributed by atoms with van der Waals surface area (Å²) in [7, 11) is 0. The van der Waals surface area contributed by atoms with Crippen LogP contribution < -0.4 is 18.9 Å². The van der Waals surface area contributed by atoms with E-state index in [1.165, 1.54) is 0 Å². The maximum atomic E-state index is 10.4. The van der Waals surface area contributed by atoms with Crippen LogP contribution in [-0.4, -0.2) is 31.6 Å². The first-order chi connectivity index (χ1) is 13.3. The number of ether oxygens (including phenoxy) is 6. The molecule has 0 amide bonds. The minimum Gasteiger partial charge on any atom is -0.454 e. The normalized spacial score (nSPS) is 32.7. The third-order valence-electron chi connectivity index (χ3n) is 5.77. The summed E-state index contributed by atoms with van der Waals surface area (Å²) in [5, 5.41) is 10.4. The number of rotatable bonds is 2. The molecule has 4 heterocycles. The molecule has 6 rings (SSSR count). The Bertz CT molecular complexity index is 898. The van der Waals surface area contributed by atoms with Crippen LogP contribution in [-0.2, 0) is 9.47 Å². The molecule has 0 saturated carbocycles. The van der Waals surface area contributed by atoms with Crippen LogP contribution in [0.25, 0.3) is 0 Å². The van der Waals surface area contributed by atoms with Crippen LogP contribution in [0, 0.1) is 11.8 Å². The van der Waals surface area contributed by atoms with Gasteiger partial charge in [-0.15, -0.1) is 0 Å². The average molecular weight is 370 g/mol. The van der Waals surface area contributed by atoms with E-state index in [0.29, 0.717) is 12.4 Å². The third kappa shape index (κ3) is 2.32. The first-order valence-corrected chi connectivity index (χ1v) is 9.02. The number of hydrogen-bond acceptors (Lipinski definition) is 7. The van der Waals surface area contributed by atoms with Gasteiger partial charge in [-0.25, -0.2) is 0 Å². The summed E-state index contributed by atoms with van der Waals surface area (Å²) in [6.07, 6.45) is -1.35. The van der Waals surface area contributed by atoms with Gasteiger partial charge in [-0.2, -0.15) is 0 Å². The summed E-state index contributed by atoms with van der Waals surface area (Å²) in [4.78, 5) is 0. The van der Waals surface area contributed by atoms with Crippen molar-refractivity contribution in [2.45, 2.75) is 18.5 Å². The molecule has 7 heteroatoms. The maximum absolute atomic E-state index is 10.4. The van der Waals surface area contributed by atoms with Crippen molar-refractivity contribution < 1.29 is 33.5 Å². The highest BCUT2D eigenvalue weighted by molar-refractivity contribution is 5.47. The molecule has 0 bridgehead atoms. The number of hydrogen-bond donors (Lipinski definition) is 1. The predicted octanol–water partition coefficient (Wildman–Crippen LogP) is 2.54. The average Bonchev–Trinajstić information content (AvgIpc) is 3.45. The van der Waals surface area contributed by atoms with E-state index in [1.54, 1.807) is 0 Å². The highest BCUT2D eigenvalue weighted by Crippen LogP contribution is 2.55. The number of aliphatic hydroxyl groups excluding tert-OH is 1. The van der Waals surface area contributed by atoms with E-state index in [-0.39, 0.29) is 37.6 Å². The molecule has 0 aromatic heterocycles. The molecule has 5 atom stereocenters. The largest absolute Gasteiger partial charge is 0.454 e. The fraction of sp³-hybridized carbons (Fsp3) is 0.400. The van der Waals surface area contributed by atoms with Crippen molar-refractivity contribution in [1.82, 2.24) is 0 Å². The summed E-state index contributed by atoms with van der Waals surface area (Å²) >= 11 is 0. The van der Waals surface area contributed by atoms with Gasteiger partial charge < -0.3 is 33.5 Å². The van der Waals surface area contributed by atoms with Gasteiger partial charge in [0.2, 0.25) is 13.6 Å². The summed E-state index contributed by atoms with van der Waals surface area (Å²) in [6.45, 7) is 0.909. The zero-order valence-corrected chi connectivity index (χ0v) is 14.4. The van der Waals surface area contributed by atoms with E-state index in [1.807, 2.05) is 36.4 Å². The fourth-order valence-corrected chi connectivity index (χ4v) is 4.46. The second kappa shape index (κ2) is 5.76. The van der Waals surface area contributed by atoms with Gasteiger partial charge in [0.15, 0.2) is 29.3 Å². The van der Waals surface area contributed by atoms with Crippen molar-refractivity contribution in [3.05, 3.63) is 47.5 Å². The summed E-state index contributed by atoms with van der Waals surface area (Å²) in [5.41, 5.74) is 1.94. The second-order valence-corrected chi connectivity index (χ2v) is 7.17. The smallest absolute Gasteiger partial charge is 0.231 e. The molecule has 7 nitrogen and oxygen atoms in total. The van der Waals surface area contributed by atoms with Crippen molar-refractivity contribution in [2.75, 3.05) is 20.2 Å². The van der Waals surface area contributed by atoms with Crippen LogP contribution in [0.5, 0.6) is 23.0 Å². The van der Waals surface area contributed by atoms with Crippen molar-refractivity contribution in [1.29, 1.82) is 0 Å². The van der Waals surface area contributed by atoms with E-state index in [2.05, 4.69) is 0 Å². The quantitative estimate of drug-likeness (QED) is 0.871. The van der Waals surface area contributed by atoms with Crippen molar-refractivity contribution in [3.63, 3.8) is 0 Å². The minimum atomic E-state index is -0.857. The fourth-order valence-electron chi connectivity index (χ4n) is 4.46. The zero-order chi connectivity index (χ0) is 18.0. The maximum Gasteiger partial charge on any atom is 0.231 e. The Hall–Kier alpha value is -2.48. The van der Waals surface area contributed by atoms with Crippen molar-refractivity contribution >= 4 is 0 Å². The molecule has 2 fully saturated rings. The molecule has 140 valence electrons. The Kier molecular flexibility index (Phi) is 3.32. The van der Waals surface area contributed by atoms with Gasteiger partial charge in [0.25, 0.3) is 0 Å². The van der Waals surface area contributed by atoms with Gasteiger partial charge in [0, 0.05) is 11.8 Å². The highest BCUT2D eigenvalue weighted by Gasteiger charge is 2.53. The molecule has 2 saturated heterocycles. The van der Waals surface area contributed by atoms with E-state index in [9.17, 15) is 5.11 Å². The predicted molar refractivity (Wildman–Crippen MR) is 90.6 cm³/mol. The Morgan fingerprint density at radius 3 is 2.00 bits per heavy atom. The molecule has 4 aliphatic heterocycles. The van der Waals surface area contributed by atoms with Gasteiger partial charge >= 0.3 is 0 Å². The van der Waals surface area contributed by atoms with Gasteiger partial charge in [0.1, 0.15) is 0 Å². The SMILES string of the molecule is O[C@H]1OC[C@@H]2C(c3ccc4c(c3)OCO4)OC(c3ccc4c(c3)OCO4)[C@@H]21. The molecule has 0 spiro atoms. The molecule has 0 radical (unpaired) electrons. The second-order valence-electron chi connectivity index (χ2n) is 7.17. The van der Waals surface area contributed by atoms with Gasteiger partial charge in [-0.05, 0) is 35.4 Å². The summed E-state index contributed by atoms with van der Waals surface area (Å²) in [6, 6.07) is 11.6. The van der Waals surface area contributed by atoms with Crippen LogP contribution >= 0.6 is 0 Å². The standard InChI is InChI=1S/C20H18O7/c21-20-17-12(7-22-20)18(10-1-3-13-15(5-10)25-8-23-13)27-19(17)11-2-4-14-16(6-11)26-9-24-14/h1-6,12,17-21H,7-9H2/t12-,17+,18?,19?,20-/m0/s1. The monoisotopic (exact) mass is 370 g/mol. The van der Waals surface area contributed by atoms with Crippen LogP contribution in [0.1, 0.15) is 23.3 Å². The number of aliphatic hydroxyl groups is 1. The molecular formula is C20H18O7. The van der Waals surface area contributed by atoms with Crippen molar-refractivity contribution in [2.24, 2.45) is 11.8 Å². The summed E-state index contributed by atoms with van der Waals surface area (Å²) in [5.74, 6) is 2.79. The number of benzene rings is 2. The minimum absolute atomic E-state index is 0.0517. The first-order valence-electron chi connectivity index (χ1n) is 9.02. The Balaban J connectivity index is 1.36.